The Kier molecular flexibility index (Phi) is 70.7. The van der Waals surface area contributed by atoms with Crippen molar-refractivity contribution in [2.24, 2.45) is 47.3 Å². The van der Waals surface area contributed by atoms with Gasteiger partial charge in [-0.05, 0) is 291 Å². The van der Waals surface area contributed by atoms with Crippen LogP contribution in [-0.2, 0) is 80.9 Å². The van der Waals surface area contributed by atoms with Gasteiger partial charge in [0.05, 0.1) is 58.4 Å². The average molecular weight is 2360 g/mol. The Bertz CT molecular complexity index is 3490. The molecule has 20 nitrogen and oxygen atoms in total. The van der Waals surface area contributed by atoms with E-state index in [4.69, 9.17) is 38.6 Å². The summed E-state index contributed by atoms with van der Waals surface area (Å²) >= 11 is 11.4. The lowest BCUT2D eigenvalue weighted by Crippen LogP contribution is -2.57. The van der Waals surface area contributed by atoms with Crippen LogP contribution in [0.4, 0.5) is 132 Å². The van der Waals surface area contributed by atoms with Crippen molar-refractivity contribution in [1.82, 2.24) is 0 Å². The van der Waals surface area contributed by atoms with Gasteiger partial charge in [-0.25, -0.2) is 8.78 Å². The Morgan fingerprint density at radius 2 is 0.633 bits per heavy atom. The zero-order valence-corrected chi connectivity index (χ0v) is 89.4. The van der Waals surface area contributed by atoms with Crippen molar-refractivity contribution in [3.8, 4) is 0 Å². The third-order valence-electron chi connectivity index (χ3n) is 24.8. The van der Waals surface area contributed by atoms with Crippen LogP contribution >= 0.6 is 70.6 Å². The Labute approximate surface area is 881 Å². The van der Waals surface area contributed by atoms with Crippen LogP contribution in [0.5, 0.6) is 0 Å². The molecule has 0 spiro atoms. The fraction of sp³-hybridized carbons (Fsp3) is 0.936. The van der Waals surface area contributed by atoms with Crippen molar-refractivity contribution in [1.29, 1.82) is 0 Å². The van der Waals surface area contributed by atoms with Crippen molar-refractivity contribution < 1.29 is 228 Å². The molecule has 5 atom stereocenters. The number of aliphatic hydroxyl groups is 3. The summed E-state index contributed by atoms with van der Waals surface area (Å²) in [4.78, 5) is 68.1. The van der Waals surface area contributed by atoms with Gasteiger partial charge in [-0.15, -0.1) is 0 Å². The smallest absolute Gasteiger partial charge is 0.453 e. The summed E-state index contributed by atoms with van der Waals surface area (Å²) in [5.41, 5.74) is -7.67. The monoisotopic (exact) mass is 2360 g/mol. The Morgan fingerprint density at radius 3 is 0.913 bits per heavy atom. The van der Waals surface area contributed by atoms with E-state index in [9.17, 15) is 166 Å². The van der Waals surface area contributed by atoms with E-state index in [0.29, 0.717) is 114 Å². The highest BCUT2D eigenvalue weighted by molar-refractivity contribution is 8.00. The van der Waals surface area contributed by atoms with E-state index in [0.717, 1.165) is 185 Å². The molecule has 0 saturated carbocycles. The van der Waals surface area contributed by atoms with E-state index < -0.39 is 217 Å². The quantitative estimate of drug-likeness (QED) is 0.0221. The van der Waals surface area contributed by atoms with Crippen molar-refractivity contribution in [2.75, 3.05) is 155 Å². The molecule has 8 saturated heterocycles. The Balaban J connectivity index is 0.000000860. The number of rotatable bonds is 44. The van der Waals surface area contributed by atoms with Gasteiger partial charge in [-0.1, -0.05) is 0 Å². The number of alkyl halides is 30. The minimum atomic E-state index is -5.86. The molecule has 8 rings (SSSR count). The van der Waals surface area contributed by atoms with Gasteiger partial charge in [-0.3, -0.25) is 28.8 Å². The van der Waals surface area contributed by atoms with Gasteiger partial charge in [0.15, 0.2) is 24.4 Å². The number of aliphatic hydroxyl groups excluding tert-OH is 1. The maximum absolute atomic E-state index is 12.9. The molecule has 8 fully saturated rings. The van der Waals surface area contributed by atoms with Gasteiger partial charge >= 0.3 is 103 Å². The molecule has 0 aromatic carbocycles. The van der Waals surface area contributed by atoms with E-state index in [1.165, 1.54) is 13.8 Å². The molecule has 8 heterocycles. The van der Waals surface area contributed by atoms with E-state index >= 15 is 0 Å². The number of hydrogen-bond donors (Lipinski definition) is 3. The molecule has 0 radical (unpaired) electrons. The van der Waals surface area contributed by atoms with E-state index in [2.05, 4.69) is 23.7 Å². The third kappa shape index (κ3) is 69.1. The maximum atomic E-state index is 12.9. The number of ether oxygens (including phenoxy) is 11. The molecule has 8 aliphatic rings. The van der Waals surface area contributed by atoms with Crippen LogP contribution in [0.3, 0.4) is 0 Å². The number of halogens is 30. The lowest BCUT2D eigenvalue weighted by atomic mass is 9.94. The summed E-state index contributed by atoms with van der Waals surface area (Å²) in [5, 5.41) is 27.0. The molecule has 0 aromatic rings. The first-order valence-electron chi connectivity index (χ1n) is 49.5. The van der Waals surface area contributed by atoms with Crippen LogP contribution in [0.25, 0.3) is 0 Å². The number of hydrogen-bond acceptors (Lipinski definition) is 26. The molecule has 888 valence electrons. The molecule has 56 heteroatoms. The second-order valence-corrected chi connectivity index (χ2v) is 45.0. The molecular weight excluding hydrogens is 2210 g/mol. The Morgan fingerprint density at radius 1 is 0.333 bits per heavy atom. The van der Waals surface area contributed by atoms with Crippen LogP contribution in [0.2, 0.25) is 0 Å². The lowest BCUT2D eigenvalue weighted by molar-refractivity contribution is -0.370. The summed E-state index contributed by atoms with van der Waals surface area (Å²) in [5.74, 6) is -0.289. The normalized spacial score (nSPS) is 19.4. The van der Waals surface area contributed by atoms with Gasteiger partial charge in [-0.2, -0.15) is 194 Å². The summed E-state index contributed by atoms with van der Waals surface area (Å²) in [6, 6.07) is 0. The van der Waals surface area contributed by atoms with E-state index in [-0.39, 0.29) is 57.3 Å². The Hall–Kier alpha value is -3.50. The van der Waals surface area contributed by atoms with Crippen molar-refractivity contribution in [3.63, 3.8) is 0 Å². The fourth-order valence-corrected chi connectivity index (χ4v) is 22.2. The summed E-state index contributed by atoms with van der Waals surface area (Å²) in [6.07, 6.45) is -31.9. The SMILES string of the molecule is CC(CC(C)(O)C(F)(F)F)OC(=O)CC1CCOCC1.CC(CCC(O)(C(F)(F)F)C(F)(F)F)OC(=O)CC1CCOCC1.CC(F)(F)C(F)(F)CCOC(=O)CCC1CCSCC1.COC(COCCC1CCSCC1)C(F)(F)F.O=C(CCC1CCSCC1)OCC(F)(F)F.O=C(CCC1CCSCC1)OCCC(F)(F)C(F)(F)F.O=C(CCC1CCSCC1)OCCC(F)(F)F.OC(COCCC1CCSCC1)C(F)(F)F. The molecule has 0 aliphatic carbocycles. The highest BCUT2D eigenvalue weighted by Crippen LogP contribution is 2.47. The standard InChI is InChI=1S/C14H20F6O4.C13H20F4O2S.C13H21F3O4.C12H17F5O2S.C11H19F3O2S.C11H17F3O2S.C10H17F3O2S.C10H15F3O2S/c1-9(24-11(21)8-10-3-6-23-7-4-10)2-5-12(22,13(15,16)17)14(18,19)20;1-12(14,15)13(16,17)6-7-19-11(18)3-2-10-4-8-20-9-5-10;1-9(8-12(2,18)13(14,15)16)20-11(17)7-10-3-5-19-6-4-10;13-11(14,12(15,16)17)5-6-19-10(18)2-1-9-3-7-20-8-4-9;1-15-10(11(12,13)14)8-16-5-2-9-3-6-17-7-4-9;12-11(13,14)5-6-16-10(15)2-1-9-3-7-17-8-4-9;11-10(12,13)9(14)7-15-4-1-8-2-5-16-6-3-8;11-10(12,13)7-15-9(14)2-1-8-3-5-16-6-4-8/h9-10,22H,2-8H2,1H3;10H,2-9H2,1H3;9-10,18H,3-8H2,1-2H3;9H,1-8H2;9-10H,2-8H2,1H3;9H,1-8H2;8-9,14H,1-7H2;8H,1-7H2. The topological polar surface area (TPSA) is 265 Å². The lowest BCUT2D eigenvalue weighted by Gasteiger charge is -2.33. The van der Waals surface area contributed by atoms with Gasteiger partial charge < -0.3 is 67.4 Å². The van der Waals surface area contributed by atoms with Crippen LogP contribution in [0.1, 0.15) is 246 Å². The van der Waals surface area contributed by atoms with Gasteiger partial charge in [0.1, 0.15) is 6.10 Å². The fourth-order valence-electron chi connectivity index (χ4n) is 15.0. The second kappa shape index (κ2) is 73.4. The molecular formula is C94H146F30O20S6. The number of carbonyl (C=O) groups is 6. The molecule has 0 aromatic heterocycles. The average Bonchev–Trinajstić information content (AvgIpc) is 0.770. The molecule has 150 heavy (non-hydrogen) atoms. The zero-order chi connectivity index (χ0) is 114. The highest BCUT2D eigenvalue weighted by atomic mass is 32.2. The molecule has 3 N–H and O–H groups in total. The summed E-state index contributed by atoms with van der Waals surface area (Å²) < 4.78 is 419. The molecule has 8 aliphatic heterocycles. The first-order chi connectivity index (χ1) is 69.4. The van der Waals surface area contributed by atoms with Crippen LogP contribution in [0, 0.1) is 47.3 Å². The number of thioether (sulfide) groups is 6. The van der Waals surface area contributed by atoms with Crippen LogP contribution in [-0.4, -0.2) is 309 Å². The number of methoxy groups -OCH3 is 1. The van der Waals surface area contributed by atoms with Crippen LogP contribution in [0.15, 0.2) is 0 Å². The first kappa shape index (κ1) is 145. The number of carbonyl (C=O) groups excluding carboxylic acids is 6. The predicted octanol–water partition coefficient (Wildman–Crippen LogP) is 26.0. The molecule has 0 amide bonds. The minimum Gasteiger partial charge on any atom is -0.465 e. The van der Waals surface area contributed by atoms with Gasteiger partial charge in [0, 0.05) is 98.6 Å². The second-order valence-electron chi connectivity index (χ2n) is 37.6. The van der Waals surface area contributed by atoms with Gasteiger partial charge in [0.25, 0.3) is 5.60 Å². The van der Waals surface area contributed by atoms with E-state index in [1.54, 1.807) is 0 Å². The maximum Gasteiger partial charge on any atom is 0.453 e. The first-order valence-corrected chi connectivity index (χ1v) is 56.5. The van der Waals surface area contributed by atoms with Crippen molar-refractivity contribution in [2.45, 2.75) is 349 Å². The van der Waals surface area contributed by atoms with Crippen molar-refractivity contribution >= 4 is 106 Å². The van der Waals surface area contributed by atoms with Crippen molar-refractivity contribution in [3.05, 3.63) is 0 Å². The van der Waals surface area contributed by atoms with Gasteiger partial charge in [0.2, 0.25) is 0 Å². The predicted molar refractivity (Wildman–Crippen MR) is 508 cm³/mol. The van der Waals surface area contributed by atoms with E-state index in [1.807, 2.05) is 70.6 Å². The highest BCUT2D eigenvalue weighted by Gasteiger charge is 2.70. The zero-order valence-electron chi connectivity index (χ0n) is 84.5. The largest absolute Gasteiger partial charge is 0.465 e. The minimum absolute atomic E-state index is 0.0285. The molecule has 5 unspecified atom stereocenters. The van der Waals surface area contributed by atoms with Crippen LogP contribution < -0.4 is 0 Å². The summed E-state index contributed by atoms with van der Waals surface area (Å²) in [6.45, 7) is 1.61. The third-order valence-corrected chi connectivity index (χ3v) is 31.1. The summed E-state index contributed by atoms with van der Waals surface area (Å²) in [7, 11) is 1.06. The number of esters is 6. The molecule has 0 bridgehead atoms.